The van der Waals surface area contributed by atoms with Crippen LogP contribution in [0.5, 0.6) is 0 Å². The molecule has 174 valence electrons. The van der Waals surface area contributed by atoms with Crippen molar-refractivity contribution in [3.63, 3.8) is 0 Å². The summed E-state index contributed by atoms with van der Waals surface area (Å²) in [6, 6.07) is 15.6. The van der Waals surface area contributed by atoms with Gasteiger partial charge in [0.1, 0.15) is 11.0 Å². The maximum absolute atomic E-state index is 13.4. The number of anilines is 1. The number of benzene rings is 2. The highest BCUT2D eigenvalue weighted by Crippen LogP contribution is 2.48. The summed E-state index contributed by atoms with van der Waals surface area (Å²) in [5.74, 6) is -0.301. The van der Waals surface area contributed by atoms with E-state index in [2.05, 4.69) is 16.0 Å². The molecule has 2 aromatic carbocycles. The topological polar surface area (TPSA) is 36.4 Å². The maximum Gasteiger partial charge on any atom is 0.258 e. The van der Waals surface area contributed by atoms with Gasteiger partial charge in [0.2, 0.25) is 0 Å². The van der Waals surface area contributed by atoms with Gasteiger partial charge in [-0.05, 0) is 79.5 Å². The molecule has 0 bridgehead atoms. The van der Waals surface area contributed by atoms with Crippen molar-refractivity contribution in [3.05, 3.63) is 99.6 Å². The Balaban J connectivity index is 1.31. The number of likely N-dealkylation sites (tertiary alicyclic amines) is 1. The van der Waals surface area contributed by atoms with Gasteiger partial charge in [0.25, 0.3) is 5.91 Å². The lowest BCUT2D eigenvalue weighted by Gasteiger charge is -2.39. The first-order chi connectivity index (χ1) is 16.4. The minimum atomic E-state index is -0.227. The molecule has 0 N–H and O–H groups in total. The molecule has 1 amide bonds. The van der Waals surface area contributed by atoms with Gasteiger partial charge in [-0.25, -0.2) is 9.37 Å². The Morgan fingerprint density at radius 1 is 1.06 bits per heavy atom. The summed E-state index contributed by atoms with van der Waals surface area (Å²) < 4.78 is 13.1. The second kappa shape index (κ2) is 9.49. The summed E-state index contributed by atoms with van der Waals surface area (Å²) in [6.07, 6.45) is 7.57. The van der Waals surface area contributed by atoms with E-state index in [0.717, 1.165) is 49.3 Å². The quantitative estimate of drug-likeness (QED) is 0.402. The van der Waals surface area contributed by atoms with Crippen LogP contribution >= 0.6 is 23.2 Å². The van der Waals surface area contributed by atoms with Crippen LogP contribution in [0.15, 0.2) is 66.9 Å². The molecule has 5 rings (SSSR count). The van der Waals surface area contributed by atoms with Crippen LogP contribution < -0.4 is 4.90 Å². The predicted octanol–water partition coefficient (Wildman–Crippen LogP) is 6.23. The number of hydrogen-bond donors (Lipinski definition) is 0. The van der Waals surface area contributed by atoms with E-state index in [0.29, 0.717) is 22.3 Å². The fraction of sp³-hybridized carbons (Fsp3) is 0.259. The Kier molecular flexibility index (Phi) is 6.43. The normalized spacial score (nSPS) is 17.4. The summed E-state index contributed by atoms with van der Waals surface area (Å²) in [5, 5.41) is 0.988. The minimum Gasteiger partial charge on any atom is -0.307 e. The summed E-state index contributed by atoms with van der Waals surface area (Å²) >= 11 is 12.4. The van der Waals surface area contributed by atoms with Crippen molar-refractivity contribution in [2.24, 2.45) is 0 Å². The molecule has 1 fully saturated rings. The first-order valence-corrected chi connectivity index (χ1v) is 12.1. The highest BCUT2D eigenvalue weighted by molar-refractivity contribution is 6.31. The zero-order chi connectivity index (χ0) is 23.7. The van der Waals surface area contributed by atoms with Crippen LogP contribution in [-0.2, 0) is 5.41 Å². The molecule has 1 spiro atoms. The summed E-state index contributed by atoms with van der Waals surface area (Å²) in [4.78, 5) is 21.7. The van der Waals surface area contributed by atoms with Gasteiger partial charge in [0.05, 0.1) is 0 Å². The van der Waals surface area contributed by atoms with Crippen LogP contribution in [0, 0.1) is 5.82 Å². The molecule has 0 unspecified atom stereocenters. The molecule has 3 heterocycles. The second-order valence-corrected chi connectivity index (χ2v) is 9.78. The number of rotatable bonds is 4. The van der Waals surface area contributed by atoms with E-state index < -0.39 is 0 Å². The van der Waals surface area contributed by atoms with Crippen LogP contribution in [-0.4, -0.2) is 42.0 Å². The van der Waals surface area contributed by atoms with E-state index >= 15 is 0 Å². The molecule has 2 aliphatic rings. The lowest BCUT2D eigenvalue weighted by atomic mass is 9.74. The van der Waals surface area contributed by atoms with Gasteiger partial charge >= 0.3 is 0 Å². The fourth-order valence-electron chi connectivity index (χ4n) is 5.02. The van der Waals surface area contributed by atoms with Crippen LogP contribution in [0.1, 0.15) is 34.3 Å². The summed E-state index contributed by atoms with van der Waals surface area (Å²) in [7, 11) is 0. The lowest BCUT2D eigenvalue weighted by molar-refractivity contribution is 0.0977. The Hall–Kier alpha value is -2.73. The molecule has 0 saturated carbocycles. The molecule has 1 saturated heterocycles. The molecular weight excluding hydrogens is 472 g/mol. The molecule has 4 nitrogen and oxygen atoms in total. The standard InChI is InChI=1S/C27H24Cl2FN3O/c28-21-5-8-24-23(17-21)27(18-33(24)26(34)20-9-12-31-25(29)16-20)10-14-32(15-11-27)13-1-2-19-3-6-22(30)7-4-19/h1-9,12,16-17H,10-11,13-15,18H2. The van der Waals surface area contributed by atoms with E-state index in [1.54, 1.807) is 30.5 Å². The van der Waals surface area contributed by atoms with Gasteiger partial charge < -0.3 is 4.90 Å². The van der Waals surface area contributed by atoms with Crippen molar-refractivity contribution in [1.29, 1.82) is 0 Å². The van der Waals surface area contributed by atoms with Gasteiger partial charge in [-0.2, -0.15) is 0 Å². The van der Waals surface area contributed by atoms with Crippen LogP contribution in [0.25, 0.3) is 6.08 Å². The molecule has 2 aliphatic heterocycles. The predicted molar refractivity (Wildman–Crippen MR) is 135 cm³/mol. The first kappa shape index (κ1) is 23.0. The highest BCUT2D eigenvalue weighted by atomic mass is 35.5. The van der Waals surface area contributed by atoms with E-state index in [4.69, 9.17) is 23.2 Å². The Bertz CT molecular complexity index is 1240. The van der Waals surface area contributed by atoms with Gasteiger partial charge in [-0.1, -0.05) is 47.5 Å². The molecule has 1 aromatic heterocycles. The number of piperidine rings is 1. The third-order valence-corrected chi connectivity index (χ3v) is 7.30. The second-order valence-electron chi connectivity index (χ2n) is 8.95. The molecule has 7 heteroatoms. The molecule has 0 aliphatic carbocycles. The largest absolute Gasteiger partial charge is 0.307 e. The summed E-state index contributed by atoms with van der Waals surface area (Å²) in [6.45, 7) is 3.29. The highest BCUT2D eigenvalue weighted by Gasteiger charge is 2.46. The van der Waals surface area contributed by atoms with Crippen molar-refractivity contribution < 1.29 is 9.18 Å². The number of carbonyl (C=O) groups is 1. The van der Waals surface area contributed by atoms with Gasteiger partial charge in [-0.3, -0.25) is 9.69 Å². The van der Waals surface area contributed by atoms with Gasteiger partial charge in [0.15, 0.2) is 0 Å². The number of fused-ring (bicyclic) bond motifs is 2. The van der Waals surface area contributed by atoms with E-state index in [9.17, 15) is 9.18 Å². The minimum absolute atomic E-state index is 0.0746. The molecule has 34 heavy (non-hydrogen) atoms. The Labute approximate surface area is 208 Å². The van der Waals surface area contributed by atoms with Crippen molar-refractivity contribution in [1.82, 2.24) is 9.88 Å². The van der Waals surface area contributed by atoms with Crippen LogP contribution in [0.4, 0.5) is 10.1 Å². The van der Waals surface area contributed by atoms with Crippen LogP contribution in [0.3, 0.4) is 0 Å². The van der Waals surface area contributed by atoms with E-state index in [1.165, 1.54) is 12.1 Å². The zero-order valence-corrected chi connectivity index (χ0v) is 20.1. The van der Waals surface area contributed by atoms with E-state index in [1.807, 2.05) is 29.2 Å². The maximum atomic E-state index is 13.4. The van der Waals surface area contributed by atoms with Crippen molar-refractivity contribution in [2.45, 2.75) is 18.3 Å². The molecule has 0 atom stereocenters. The third kappa shape index (κ3) is 4.61. The average molecular weight is 496 g/mol. The number of aromatic nitrogens is 1. The Morgan fingerprint density at radius 2 is 1.82 bits per heavy atom. The zero-order valence-electron chi connectivity index (χ0n) is 18.6. The van der Waals surface area contributed by atoms with Crippen molar-refractivity contribution in [3.8, 4) is 0 Å². The number of hydrogen-bond acceptors (Lipinski definition) is 3. The van der Waals surface area contributed by atoms with Gasteiger partial charge in [0, 0.05) is 41.0 Å². The third-order valence-electron chi connectivity index (χ3n) is 6.86. The number of halogens is 3. The van der Waals surface area contributed by atoms with Crippen molar-refractivity contribution in [2.75, 3.05) is 31.1 Å². The Morgan fingerprint density at radius 3 is 2.56 bits per heavy atom. The fourth-order valence-corrected chi connectivity index (χ4v) is 5.36. The average Bonchev–Trinajstić information content (AvgIpc) is 3.14. The smallest absolute Gasteiger partial charge is 0.258 e. The van der Waals surface area contributed by atoms with Crippen molar-refractivity contribution >= 4 is 40.9 Å². The number of carbonyl (C=O) groups excluding carboxylic acids is 1. The SMILES string of the molecule is O=C(c1ccnc(Cl)c1)N1CC2(CCN(CC=Cc3ccc(F)cc3)CC2)c2cc(Cl)ccc21. The molecular formula is C27H24Cl2FN3O. The number of pyridine rings is 1. The number of amides is 1. The first-order valence-electron chi connectivity index (χ1n) is 11.3. The monoisotopic (exact) mass is 495 g/mol. The van der Waals surface area contributed by atoms with E-state index in [-0.39, 0.29) is 17.1 Å². The van der Waals surface area contributed by atoms with Gasteiger partial charge in [-0.15, -0.1) is 0 Å². The number of nitrogens with zero attached hydrogens (tertiary/aromatic N) is 3. The van der Waals surface area contributed by atoms with Crippen LogP contribution in [0.2, 0.25) is 10.2 Å². The molecule has 0 radical (unpaired) electrons. The molecule has 3 aromatic rings. The summed E-state index contributed by atoms with van der Waals surface area (Å²) in [5.41, 5.74) is 3.46. The lowest BCUT2D eigenvalue weighted by Crippen LogP contribution is -2.46.